The summed E-state index contributed by atoms with van der Waals surface area (Å²) < 4.78 is 34.9. The minimum Gasteiger partial charge on any atom is -0.495 e. The molecule has 0 fully saturated rings. The Morgan fingerprint density at radius 2 is 1.75 bits per heavy atom. The van der Waals surface area contributed by atoms with Gasteiger partial charge in [-0.15, -0.1) is 0 Å². The van der Waals surface area contributed by atoms with Crippen LogP contribution in [0, 0.1) is 5.82 Å². The van der Waals surface area contributed by atoms with Crippen LogP contribution in [0.3, 0.4) is 0 Å². The van der Waals surface area contributed by atoms with E-state index in [9.17, 15) is 8.60 Å². The highest BCUT2D eigenvalue weighted by Crippen LogP contribution is 2.30. The number of methoxy groups -OCH3 is 1. The third kappa shape index (κ3) is 4.88. The molecule has 7 heteroatoms. The van der Waals surface area contributed by atoms with E-state index in [1.165, 1.54) is 19.2 Å². The summed E-state index contributed by atoms with van der Waals surface area (Å²) in [7, 11) is -0.0474. The molecule has 0 amide bonds. The number of anilines is 2. The molecule has 0 aliphatic carbocycles. The van der Waals surface area contributed by atoms with Crippen LogP contribution in [0.4, 0.5) is 15.8 Å². The summed E-state index contributed by atoms with van der Waals surface area (Å²) in [6, 6.07) is 19.0. The van der Waals surface area contributed by atoms with E-state index >= 15 is 0 Å². The molecule has 3 aromatic carbocycles. The zero-order valence-corrected chi connectivity index (χ0v) is 16.3. The van der Waals surface area contributed by atoms with Crippen LogP contribution in [0.5, 0.6) is 5.75 Å². The molecule has 0 saturated carbocycles. The molecule has 1 atom stereocenters. The highest BCUT2D eigenvalue weighted by Gasteiger charge is 2.13. The molecule has 0 bridgehead atoms. The molecule has 1 unspecified atom stereocenters. The Morgan fingerprint density at radius 3 is 2.50 bits per heavy atom. The Bertz CT molecular complexity index is 981. The van der Waals surface area contributed by atoms with Gasteiger partial charge >= 0.3 is 0 Å². The Balaban J connectivity index is 1.87. The van der Waals surface area contributed by atoms with Crippen molar-refractivity contribution in [2.24, 2.45) is 5.73 Å². The van der Waals surface area contributed by atoms with Gasteiger partial charge < -0.3 is 20.5 Å². The maximum absolute atomic E-state index is 13.6. The molecule has 28 heavy (non-hydrogen) atoms. The number of nitrogens with two attached hydrogens (primary N) is 1. The fraction of sp³-hybridized carbons (Fsp3) is 0.143. The molecule has 0 aromatic heterocycles. The molecule has 0 heterocycles. The number of ether oxygens (including phenoxy) is 1. The van der Waals surface area contributed by atoms with Gasteiger partial charge in [0, 0.05) is 24.5 Å². The minimum absolute atomic E-state index is 0.323. The average Bonchev–Trinajstić information content (AvgIpc) is 2.72. The van der Waals surface area contributed by atoms with E-state index < -0.39 is 11.0 Å². The first-order valence-corrected chi connectivity index (χ1v) is 9.92. The molecular formula is C21H22FN3O2S. The molecule has 0 aliphatic heterocycles. The lowest BCUT2D eigenvalue weighted by atomic mass is 10.1. The predicted molar refractivity (Wildman–Crippen MR) is 112 cm³/mol. The topological polar surface area (TPSA) is 76.4 Å². The highest BCUT2D eigenvalue weighted by atomic mass is 32.2. The third-order valence-corrected chi connectivity index (χ3v) is 5.21. The maximum atomic E-state index is 13.6. The summed E-state index contributed by atoms with van der Waals surface area (Å²) >= 11 is 0. The highest BCUT2D eigenvalue weighted by molar-refractivity contribution is 7.86. The second-order valence-corrected chi connectivity index (χ2v) is 7.22. The van der Waals surface area contributed by atoms with Gasteiger partial charge in [-0.3, -0.25) is 0 Å². The Labute approximate surface area is 166 Å². The minimum atomic E-state index is -1.57. The van der Waals surface area contributed by atoms with Crippen molar-refractivity contribution in [3.8, 4) is 16.9 Å². The average molecular weight is 399 g/mol. The molecule has 146 valence electrons. The zero-order chi connectivity index (χ0) is 19.9. The van der Waals surface area contributed by atoms with Crippen molar-refractivity contribution in [3.63, 3.8) is 0 Å². The lowest BCUT2D eigenvalue weighted by Crippen LogP contribution is -2.13. The standard InChI is InChI=1S/C21H22FN3O2S/c1-27-20-9-8-16(15-4-2-5-17(22)12-15)13-21(20)28(26)25-19-7-3-6-18(14-19)24-11-10-23/h2-9,12-14,24-25H,10-11,23H2,1H3. The molecule has 4 N–H and O–H groups in total. The first kappa shape index (κ1) is 19.9. The van der Waals surface area contributed by atoms with E-state index in [1.807, 2.05) is 30.3 Å². The fourth-order valence-electron chi connectivity index (χ4n) is 2.74. The van der Waals surface area contributed by atoms with Crippen LogP contribution in [-0.2, 0) is 11.0 Å². The summed E-state index contributed by atoms with van der Waals surface area (Å²) in [6.45, 7) is 1.17. The van der Waals surface area contributed by atoms with Crippen molar-refractivity contribution < 1.29 is 13.3 Å². The lowest BCUT2D eigenvalue weighted by Gasteiger charge is -2.13. The van der Waals surface area contributed by atoms with Crippen molar-refractivity contribution in [1.82, 2.24) is 0 Å². The molecular weight excluding hydrogens is 377 g/mol. The van der Waals surface area contributed by atoms with Crippen molar-refractivity contribution in [1.29, 1.82) is 0 Å². The number of hydrogen-bond donors (Lipinski definition) is 3. The summed E-state index contributed by atoms with van der Waals surface area (Å²) in [5.74, 6) is 0.166. The van der Waals surface area contributed by atoms with Gasteiger partial charge in [0.15, 0.2) is 11.0 Å². The number of halogens is 1. The first-order valence-electron chi connectivity index (χ1n) is 8.77. The van der Waals surface area contributed by atoms with Crippen LogP contribution in [0.25, 0.3) is 11.1 Å². The lowest BCUT2D eigenvalue weighted by molar-refractivity contribution is 0.404. The van der Waals surface area contributed by atoms with Crippen LogP contribution in [0.15, 0.2) is 71.6 Å². The molecule has 0 spiro atoms. The van der Waals surface area contributed by atoms with Crippen molar-refractivity contribution in [2.45, 2.75) is 4.90 Å². The van der Waals surface area contributed by atoms with Crippen LogP contribution in [0.2, 0.25) is 0 Å². The van der Waals surface area contributed by atoms with Crippen LogP contribution >= 0.6 is 0 Å². The molecule has 3 rings (SSSR count). The van der Waals surface area contributed by atoms with Gasteiger partial charge in [-0.05, 0) is 53.6 Å². The predicted octanol–water partition coefficient (Wildman–Crippen LogP) is 4.01. The number of rotatable bonds is 8. The van der Waals surface area contributed by atoms with Crippen molar-refractivity contribution in [2.75, 3.05) is 30.2 Å². The Kier molecular flexibility index (Phi) is 6.62. The SMILES string of the molecule is COc1ccc(-c2cccc(F)c2)cc1S(=O)Nc1cccc(NCCN)c1. The number of hydrogen-bond acceptors (Lipinski definition) is 4. The van der Waals surface area contributed by atoms with E-state index in [1.54, 1.807) is 24.3 Å². The Hall–Kier alpha value is -2.90. The smallest absolute Gasteiger partial charge is 0.154 e. The maximum Gasteiger partial charge on any atom is 0.154 e. The van der Waals surface area contributed by atoms with Crippen LogP contribution < -0.4 is 20.5 Å². The van der Waals surface area contributed by atoms with Gasteiger partial charge in [0.1, 0.15) is 16.5 Å². The first-order chi connectivity index (χ1) is 13.6. The monoisotopic (exact) mass is 399 g/mol. The van der Waals surface area contributed by atoms with Gasteiger partial charge in [-0.2, -0.15) is 0 Å². The molecule has 0 radical (unpaired) electrons. The summed E-state index contributed by atoms with van der Waals surface area (Å²) in [6.07, 6.45) is 0. The van der Waals surface area contributed by atoms with Crippen molar-refractivity contribution >= 4 is 22.4 Å². The summed E-state index contributed by atoms with van der Waals surface area (Å²) in [5, 5.41) is 3.18. The number of nitrogens with one attached hydrogen (secondary N) is 2. The fourth-order valence-corrected chi connectivity index (χ4v) is 3.76. The van der Waals surface area contributed by atoms with E-state index in [-0.39, 0.29) is 5.82 Å². The molecule has 0 saturated heterocycles. The van der Waals surface area contributed by atoms with Gasteiger partial charge in [0.05, 0.1) is 7.11 Å². The van der Waals surface area contributed by atoms with Gasteiger partial charge in [0.2, 0.25) is 0 Å². The molecule has 3 aromatic rings. The molecule has 0 aliphatic rings. The Morgan fingerprint density at radius 1 is 1.00 bits per heavy atom. The van der Waals surface area contributed by atoms with Gasteiger partial charge in [0.25, 0.3) is 0 Å². The largest absolute Gasteiger partial charge is 0.495 e. The van der Waals surface area contributed by atoms with Gasteiger partial charge in [-0.25, -0.2) is 8.60 Å². The summed E-state index contributed by atoms with van der Waals surface area (Å²) in [4.78, 5) is 0.476. The van der Waals surface area contributed by atoms with E-state index in [4.69, 9.17) is 10.5 Å². The second-order valence-electron chi connectivity index (χ2n) is 6.04. The van der Waals surface area contributed by atoms with Crippen LogP contribution in [0.1, 0.15) is 0 Å². The second kappa shape index (κ2) is 9.34. The quantitative estimate of drug-likeness (QED) is 0.535. The third-order valence-electron chi connectivity index (χ3n) is 4.07. The zero-order valence-electron chi connectivity index (χ0n) is 15.4. The van der Waals surface area contributed by atoms with E-state index in [0.29, 0.717) is 35.0 Å². The number of benzene rings is 3. The molecule has 5 nitrogen and oxygen atoms in total. The summed E-state index contributed by atoms with van der Waals surface area (Å²) in [5.41, 5.74) is 8.54. The van der Waals surface area contributed by atoms with Crippen molar-refractivity contribution in [3.05, 3.63) is 72.5 Å². The van der Waals surface area contributed by atoms with Gasteiger partial charge in [-0.1, -0.05) is 24.3 Å². The van der Waals surface area contributed by atoms with E-state index in [2.05, 4.69) is 10.0 Å². The van der Waals surface area contributed by atoms with Crippen LogP contribution in [-0.4, -0.2) is 24.4 Å². The van der Waals surface area contributed by atoms with E-state index in [0.717, 1.165) is 11.3 Å². The normalized spacial score (nSPS) is 11.7.